The number of hydrogen-bond donors (Lipinski definition) is 0. The molecule has 0 spiro atoms. The van der Waals surface area contributed by atoms with Crippen LogP contribution in [0, 0.1) is 11.7 Å². The topological polar surface area (TPSA) is 12.9 Å². The van der Waals surface area contributed by atoms with Crippen molar-refractivity contribution in [2.75, 3.05) is 0 Å². The summed E-state index contributed by atoms with van der Waals surface area (Å²) in [5, 5.41) is 0. The Morgan fingerprint density at radius 3 is 2.57 bits per heavy atom. The SMILES string of the molecule is C=C=C(CCc1ccc(F)cc1)c1cc(C(C)(C)F)cnc1C(CCC)CC1C=CC(/C(C)=C/C)=CC1. The lowest BCUT2D eigenvalue weighted by Crippen LogP contribution is -2.15. The highest BCUT2D eigenvalue weighted by atomic mass is 19.1. The van der Waals surface area contributed by atoms with Crippen LogP contribution in [0.15, 0.2) is 84.3 Å². The standard InChI is InChI=1S/C34H41F2N/c1-7-10-29(21-26-12-17-28(18-13-26)24(4)8-2)33-32(22-30(23-37-33)34(5,6)36)27(9-3)16-11-25-14-19-31(35)20-15-25/h8,12,14-15,17-20,22-23,26,29H,3,7,10-11,13,16,21H2,1-2,4-6H3/b24-8+. The van der Waals surface area contributed by atoms with E-state index in [0.717, 1.165) is 54.5 Å². The minimum Gasteiger partial charge on any atom is -0.260 e. The quantitative estimate of drug-likeness (QED) is 0.279. The molecule has 3 rings (SSSR count). The third-order valence-corrected chi connectivity index (χ3v) is 7.41. The first kappa shape index (κ1) is 28.5. The smallest absolute Gasteiger partial charge is 0.131 e. The molecule has 2 atom stereocenters. The molecule has 0 aliphatic heterocycles. The van der Waals surface area contributed by atoms with Gasteiger partial charge < -0.3 is 0 Å². The summed E-state index contributed by atoms with van der Waals surface area (Å²) in [5.41, 5.74) is 8.74. The van der Waals surface area contributed by atoms with Gasteiger partial charge in [-0.1, -0.05) is 56.4 Å². The van der Waals surface area contributed by atoms with Gasteiger partial charge in [0.2, 0.25) is 0 Å². The van der Waals surface area contributed by atoms with E-state index in [9.17, 15) is 4.39 Å². The molecule has 0 fully saturated rings. The summed E-state index contributed by atoms with van der Waals surface area (Å²) in [7, 11) is 0. The first-order valence-electron chi connectivity index (χ1n) is 13.5. The van der Waals surface area contributed by atoms with Gasteiger partial charge in [-0.2, -0.15) is 0 Å². The van der Waals surface area contributed by atoms with Crippen molar-refractivity contribution in [1.29, 1.82) is 0 Å². The highest BCUT2D eigenvalue weighted by Gasteiger charge is 2.26. The second-order valence-corrected chi connectivity index (χ2v) is 10.6. The van der Waals surface area contributed by atoms with E-state index in [0.29, 0.717) is 17.9 Å². The maximum absolute atomic E-state index is 15.0. The summed E-state index contributed by atoms with van der Waals surface area (Å²) in [5.74, 6) is 0.445. The summed E-state index contributed by atoms with van der Waals surface area (Å²) < 4.78 is 28.4. The van der Waals surface area contributed by atoms with Gasteiger partial charge in [-0.3, -0.25) is 4.98 Å². The van der Waals surface area contributed by atoms with Gasteiger partial charge in [-0.25, -0.2) is 8.78 Å². The lowest BCUT2D eigenvalue weighted by molar-refractivity contribution is 0.220. The van der Waals surface area contributed by atoms with Crippen molar-refractivity contribution in [2.24, 2.45) is 5.92 Å². The van der Waals surface area contributed by atoms with Crippen molar-refractivity contribution in [1.82, 2.24) is 4.98 Å². The normalized spacial score (nSPS) is 16.8. The second kappa shape index (κ2) is 13.0. The van der Waals surface area contributed by atoms with Crippen molar-refractivity contribution in [2.45, 2.75) is 84.7 Å². The van der Waals surface area contributed by atoms with Crippen molar-refractivity contribution in [3.05, 3.63) is 112 Å². The number of pyridine rings is 1. The van der Waals surface area contributed by atoms with Crippen LogP contribution in [-0.2, 0) is 12.1 Å². The number of halogens is 2. The summed E-state index contributed by atoms with van der Waals surface area (Å²) in [6.45, 7) is 13.5. The first-order valence-corrected chi connectivity index (χ1v) is 13.5. The Balaban J connectivity index is 1.93. The minimum atomic E-state index is -1.50. The monoisotopic (exact) mass is 501 g/mol. The number of nitrogens with zero attached hydrogens (tertiary/aromatic N) is 1. The van der Waals surface area contributed by atoms with E-state index in [1.165, 1.54) is 23.3 Å². The van der Waals surface area contributed by atoms with Gasteiger partial charge in [0.15, 0.2) is 0 Å². The number of alkyl halides is 1. The molecular weight excluding hydrogens is 460 g/mol. The van der Waals surface area contributed by atoms with Crippen LogP contribution in [-0.4, -0.2) is 4.98 Å². The van der Waals surface area contributed by atoms with Crippen LogP contribution < -0.4 is 0 Å². The van der Waals surface area contributed by atoms with Crippen LogP contribution in [0.2, 0.25) is 0 Å². The third kappa shape index (κ3) is 7.73. The zero-order valence-electron chi connectivity index (χ0n) is 23.1. The molecule has 2 unspecified atom stereocenters. The van der Waals surface area contributed by atoms with E-state index in [1.807, 2.05) is 18.2 Å². The lowest BCUT2D eigenvalue weighted by Gasteiger charge is -2.26. The molecule has 37 heavy (non-hydrogen) atoms. The largest absolute Gasteiger partial charge is 0.260 e. The fourth-order valence-electron chi connectivity index (χ4n) is 4.98. The van der Waals surface area contributed by atoms with Crippen LogP contribution in [0.1, 0.15) is 95.0 Å². The number of aromatic nitrogens is 1. The fourth-order valence-corrected chi connectivity index (χ4v) is 4.98. The van der Waals surface area contributed by atoms with Gasteiger partial charge in [-0.15, -0.1) is 5.73 Å². The lowest BCUT2D eigenvalue weighted by atomic mass is 9.80. The van der Waals surface area contributed by atoms with E-state index in [-0.39, 0.29) is 11.7 Å². The van der Waals surface area contributed by atoms with E-state index in [1.54, 1.807) is 20.0 Å². The van der Waals surface area contributed by atoms with Gasteiger partial charge in [0, 0.05) is 28.8 Å². The van der Waals surface area contributed by atoms with Gasteiger partial charge in [0.1, 0.15) is 11.5 Å². The zero-order chi connectivity index (χ0) is 27.0. The number of allylic oxidation sites excluding steroid dienone is 7. The average molecular weight is 502 g/mol. The fraction of sp³-hybridized carbons (Fsp3) is 0.412. The van der Waals surface area contributed by atoms with Gasteiger partial charge in [0.25, 0.3) is 0 Å². The molecule has 1 aliphatic rings. The molecule has 0 saturated carbocycles. The van der Waals surface area contributed by atoms with E-state index < -0.39 is 5.67 Å². The Morgan fingerprint density at radius 2 is 2.00 bits per heavy atom. The Labute approximate surface area is 222 Å². The van der Waals surface area contributed by atoms with E-state index in [2.05, 4.69) is 57.4 Å². The van der Waals surface area contributed by atoms with E-state index in [4.69, 9.17) is 4.98 Å². The van der Waals surface area contributed by atoms with Crippen molar-refractivity contribution in [3.63, 3.8) is 0 Å². The number of hydrogen-bond acceptors (Lipinski definition) is 1. The van der Waals surface area contributed by atoms with Crippen LogP contribution in [0.25, 0.3) is 5.57 Å². The van der Waals surface area contributed by atoms with E-state index >= 15 is 4.39 Å². The van der Waals surface area contributed by atoms with Crippen LogP contribution in [0.5, 0.6) is 0 Å². The molecule has 3 heteroatoms. The molecule has 1 nitrogen and oxygen atoms in total. The number of aryl methyl sites for hydroxylation is 1. The van der Waals surface area contributed by atoms with Gasteiger partial charge >= 0.3 is 0 Å². The number of rotatable bonds is 11. The van der Waals surface area contributed by atoms with Crippen molar-refractivity contribution < 1.29 is 8.78 Å². The predicted octanol–water partition coefficient (Wildman–Crippen LogP) is 9.97. The Kier molecular flexibility index (Phi) is 10.0. The highest BCUT2D eigenvalue weighted by Crippen LogP contribution is 2.38. The molecule has 2 aromatic rings. The maximum Gasteiger partial charge on any atom is 0.131 e. The molecule has 196 valence electrons. The van der Waals surface area contributed by atoms with Gasteiger partial charge in [-0.05, 0) is 101 Å². The Hall–Kier alpha value is -3.03. The molecule has 0 radical (unpaired) electrons. The third-order valence-electron chi connectivity index (χ3n) is 7.41. The van der Waals surface area contributed by atoms with Gasteiger partial charge in [0.05, 0.1) is 5.69 Å². The summed E-state index contributed by atoms with van der Waals surface area (Å²) in [4.78, 5) is 4.89. The zero-order valence-corrected chi connectivity index (χ0v) is 23.1. The van der Waals surface area contributed by atoms with Crippen molar-refractivity contribution >= 4 is 5.57 Å². The summed E-state index contributed by atoms with van der Waals surface area (Å²) in [6, 6.07) is 8.54. The molecule has 1 aliphatic carbocycles. The van der Waals surface area contributed by atoms with Crippen LogP contribution in [0.4, 0.5) is 8.78 Å². The first-order chi connectivity index (χ1) is 17.7. The summed E-state index contributed by atoms with van der Waals surface area (Å²) >= 11 is 0. The molecule has 0 saturated heterocycles. The molecule has 0 N–H and O–H groups in total. The van der Waals surface area contributed by atoms with Crippen LogP contribution in [0.3, 0.4) is 0 Å². The average Bonchev–Trinajstić information content (AvgIpc) is 2.89. The Bertz CT molecular complexity index is 1200. The molecule has 0 bridgehead atoms. The molecular formula is C34H41F2N. The highest BCUT2D eigenvalue weighted by molar-refractivity contribution is 5.68. The number of benzene rings is 1. The molecule has 1 heterocycles. The van der Waals surface area contributed by atoms with Crippen LogP contribution >= 0.6 is 0 Å². The molecule has 1 aromatic heterocycles. The molecule has 0 amide bonds. The molecule has 1 aromatic carbocycles. The maximum atomic E-state index is 15.0. The second-order valence-electron chi connectivity index (χ2n) is 10.6. The van der Waals surface area contributed by atoms with Crippen molar-refractivity contribution in [3.8, 4) is 0 Å². The minimum absolute atomic E-state index is 0.241. The Morgan fingerprint density at radius 1 is 1.27 bits per heavy atom. The predicted molar refractivity (Wildman–Crippen MR) is 153 cm³/mol. The summed E-state index contributed by atoms with van der Waals surface area (Å²) in [6.07, 6.45) is 16.2.